The van der Waals surface area contributed by atoms with Crippen LogP contribution >= 0.6 is 11.6 Å². The van der Waals surface area contributed by atoms with Crippen LogP contribution < -0.4 is 5.32 Å². The number of carbonyl (C=O) groups excluding carboxylic acids is 1. The average Bonchev–Trinajstić information content (AvgIpc) is 2.29. The molecule has 1 heterocycles. The Balaban J connectivity index is 2.59. The molecule has 0 saturated heterocycles. The van der Waals surface area contributed by atoms with Crippen LogP contribution in [0.15, 0.2) is 30.3 Å². The summed E-state index contributed by atoms with van der Waals surface area (Å²) in [5.74, 6) is -0.560. The van der Waals surface area contributed by atoms with Gasteiger partial charge in [-0.2, -0.15) is 5.26 Å². The number of rotatable bonds is 1. The standard InChI is InChI=1S/C11H6ClN3O/c12-10-8-4-2-1-3-7(8)5-9(15-10)11(16)14-6-13/h1-5H,(H,14,16). The van der Waals surface area contributed by atoms with Crippen molar-refractivity contribution in [2.24, 2.45) is 0 Å². The molecule has 1 aromatic heterocycles. The number of pyridine rings is 1. The first kappa shape index (κ1) is 10.4. The Morgan fingerprint density at radius 1 is 1.44 bits per heavy atom. The van der Waals surface area contributed by atoms with E-state index in [0.717, 1.165) is 10.8 Å². The van der Waals surface area contributed by atoms with Crippen molar-refractivity contribution in [2.45, 2.75) is 0 Å². The van der Waals surface area contributed by atoms with Crippen LogP contribution in [-0.4, -0.2) is 10.9 Å². The van der Waals surface area contributed by atoms with E-state index in [1.165, 1.54) is 0 Å². The Hall–Kier alpha value is -2.12. The summed E-state index contributed by atoms with van der Waals surface area (Å²) in [7, 11) is 0. The molecular formula is C11H6ClN3O. The zero-order valence-corrected chi connectivity index (χ0v) is 8.82. The van der Waals surface area contributed by atoms with E-state index in [4.69, 9.17) is 16.9 Å². The van der Waals surface area contributed by atoms with Gasteiger partial charge in [-0.3, -0.25) is 10.1 Å². The molecule has 78 valence electrons. The van der Waals surface area contributed by atoms with Gasteiger partial charge in [-0.25, -0.2) is 4.98 Å². The molecule has 0 aliphatic heterocycles. The lowest BCUT2D eigenvalue weighted by Crippen LogP contribution is -2.18. The number of hydrogen-bond acceptors (Lipinski definition) is 3. The van der Waals surface area contributed by atoms with Gasteiger partial charge in [-0.15, -0.1) is 0 Å². The number of benzene rings is 1. The fourth-order valence-electron chi connectivity index (χ4n) is 1.39. The van der Waals surface area contributed by atoms with Crippen molar-refractivity contribution < 1.29 is 4.79 Å². The first-order valence-corrected chi connectivity index (χ1v) is 4.85. The fraction of sp³-hybridized carbons (Fsp3) is 0. The highest BCUT2D eigenvalue weighted by molar-refractivity contribution is 6.34. The molecule has 4 nitrogen and oxygen atoms in total. The van der Waals surface area contributed by atoms with E-state index in [1.54, 1.807) is 12.3 Å². The van der Waals surface area contributed by atoms with Gasteiger partial charge in [0.15, 0.2) is 6.19 Å². The number of nitrogens with one attached hydrogen (secondary N) is 1. The molecule has 1 aromatic carbocycles. The van der Waals surface area contributed by atoms with E-state index in [-0.39, 0.29) is 10.8 Å². The lowest BCUT2D eigenvalue weighted by atomic mass is 10.1. The molecule has 1 amide bonds. The predicted molar refractivity (Wildman–Crippen MR) is 59.8 cm³/mol. The third-order valence-electron chi connectivity index (χ3n) is 2.10. The maximum absolute atomic E-state index is 11.4. The number of hydrogen-bond donors (Lipinski definition) is 1. The largest absolute Gasteiger partial charge is 0.282 e. The van der Waals surface area contributed by atoms with E-state index in [2.05, 4.69) is 4.98 Å². The molecule has 16 heavy (non-hydrogen) atoms. The molecule has 5 heteroatoms. The Kier molecular flexibility index (Phi) is 2.71. The maximum atomic E-state index is 11.4. The second kappa shape index (κ2) is 4.17. The van der Waals surface area contributed by atoms with Crippen LogP contribution in [0.4, 0.5) is 0 Å². The molecule has 1 N–H and O–H groups in total. The minimum absolute atomic E-state index is 0.130. The van der Waals surface area contributed by atoms with Crippen LogP contribution in [-0.2, 0) is 0 Å². The number of nitriles is 1. The van der Waals surface area contributed by atoms with Crippen molar-refractivity contribution in [1.29, 1.82) is 5.26 Å². The van der Waals surface area contributed by atoms with E-state index >= 15 is 0 Å². The number of aromatic nitrogens is 1. The van der Waals surface area contributed by atoms with Gasteiger partial charge in [0.1, 0.15) is 10.8 Å². The highest BCUT2D eigenvalue weighted by atomic mass is 35.5. The highest BCUT2D eigenvalue weighted by Crippen LogP contribution is 2.22. The van der Waals surface area contributed by atoms with Gasteiger partial charge >= 0.3 is 0 Å². The van der Waals surface area contributed by atoms with Crippen LogP contribution in [0.25, 0.3) is 10.8 Å². The number of carbonyl (C=O) groups is 1. The molecule has 0 aliphatic rings. The van der Waals surface area contributed by atoms with Crippen molar-refractivity contribution in [3.63, 3.8) is 0 Å². The normalized spacial score (nSPS) is 9.75. The average molecular weight is 232 g/mol. The molecular weight excluding hydrogens is 226 g/mol. The van der Waals surface area contributed by atoms with Gasteiger partial charge in [-0.05, 0) is 11.5 Å². The van der Waals surface area contributed by atoms with E-state index in [1.807, 2.05) is 29.6 Å². The van der Waals surface area contributed by atoms with Gasteiger partial charge in [-0.1, -0.05) is 35.9 Å². The Bertz CT molecular complexity index is 604. The van der Waals surface area contributed by atoms with Gasteiger partial charge in [0, 0.05) is 5.39 Å². The first-order valence-electron chi connectivity index (χ1n) is 4.47. The van der Waals surface area contributed by atoms with Gasteiger partial charge < -0.3 is 0 Å². The minimum atomic E-state index is -0.560. The van der Waals surface area contributed by atoms with E-state index < -0.39 is 5.91 Å². The van der Waals surface area contributed by atoms with Crippen LogP contribution in [0.1, 0.15) is 10.5 Å². The van der Waals surface area contributed by atoms with Crippen LogP contribution in [0.2, 0.25) is 5.15 Å². The quantitative estimate of drug-likeness (QED) is 0.464. The molecule has 0 spiro atoms. The molecule has 2 aromatic rings. The molecule has 0 saturated carbocycles. The van der Waals surface area contributed by atoms with Crippen molar-refractivity contribution in [2.75, 3.05) is 0 Å². The summed E-state index contributed by atoms with van der Waals surface area (Å²) in [5.41, 5.74) is 0.130. The molecule has 0 fully saturated rings. The third-order valence-corrected chi connectivity index (χ3v) is 2.38. The number of nitrogens with zero attached hydrogens (tertiary/aromatic N) is 2. The summed E-state index contributed by atoms with van der Waals surface area (Å²) in [6, 6.07) is 8.91. The maximum Gasteiger partial charge on any atom is 0.282 e. The Morgan fingerprint density at radius 3 is 2.94 bits per heavy atom. The molecule has 2 rings (SSSR count). The van der Waals surface area contributed by atoms with E-state index in [9.17, 15) is 4.79 Å². The topological polar surface area (TPSA) is 65.8 Å². The van der Waals surface area contributed by atoms with Crippen LogP contribution in [0, 0.1) is 11.5 Å². The van der Waals surface area contributed by atoms with Crippen LogP contribution in [0.5, 0.6) is 0 Å². The van der Waals surface area contributed by atoms with Crippen molar-refractivity contribution >= 4 is 28.3 Å². The van der Waals surface area contributed by atoms with Gasteiger partial charge in [0.05, 0.1) is 0 Å². The smallest absolute Gasteiger partial charge is 0.266 e. The zero-order chi connectivity index (χ0) is 11.5. The summed E-state index contributed by atoms with van der Waals surface area (Å²) in [5, 5.41) is 12.2. The summed E-state index contributed by atoms with van der Waals surface area (Å²) >= 11 is 5.93. The highest BCUT2D eigenvalue weighted by Gasteiger charge is 2.10. The second-order valence-electron chi connectivity index (χ2n) is 3.09. The lowest BCUT2D eigenvalue weighted by Gasteiger charge is -2.02. The van der Waals surface area contributed by atoms with Crippen LogP contribution in [0.3, 0.4) is 0 Å². The van der Waals surface area contributed by atoms with Crippen molar-refractivity contribution in [3.8, 4) is 6.19 Å². The monoisotopic (exact) mass is 231 g/mol. The van der Waals surface area contributed by atoms with Crippen molar-refractivity contribution in [1.82, 2.24) is 10.3 Å². The fourth-order valence-corrected chi connectivity index (χ4v) is 1.65. The number of halogens is 1. The SMILES string of the molecule is N#CNC(=O)c1cc2ccccc2c(Cl)n1. The molecule has 0 aliphatic carbocycles. The number of amides is 1. The summed E-state index contributed by atoms with van der Waals surface area (Å²) < 4.78 is 0. The molecule has 0 unspecified atom stereocenters. The first-order chi connectivity index (χ1) is 7.72. The lowest BCUT2D eigenvalue weighted by molar-refractivity contribution is 0.0968. The third kappa shape index (κ3) is 1.81. The zero-order valence-electron chi connectivity index (χ0n) is 8.07. The van der Waals surface area contributed by atoms with Gasteiger partial charge in [0.2, 0.25) is 0 Å². The van der Waals surface area contributed by atoms with E-state index in [0.29, 0.717) is 0 Å². The Labute approximate surface area is 96.5 Å². The summed E-state index contributed by atoms with van der Waals surface area (Å²) in [4.78, 5) is 15.3. The Morgan fingerprint density at radius 2 is 2.19 bits per heavy atom. The summed E-state index contributed by atoms with van der Waals surface area (Å²) in [6.45, 7) is 0. The number of fused-ring (bicyclic) bond motifs is 1. The minimum Gasteiger partial charge on any atom is -0.266 e. The summed E-state index contributed by atoms with van der Waals surface area (Å²) in [6.07, 6.45) is 1.55. The predicted octanol–water partition coefficient (Wildman–Crippen LogP) is 2.10. The molecule has 0 bridgehead atoms. The molecule has 0 radical (unpaired) electrons. The second-order valence-corrected chi connectivity index (χ2v) is 3.44. The molecule has 0 atom stereocenters. The van der Waals surface area contributed by atoms with Gasteiger partial charge in [0.25, 0.3) is 5.91 Å². The van der Waals surface area contributed by atoms with Crippen molar-refractivity contribution in [3.05, 3.63) is 41.2 Å².